The van der Waals surface area contributed by atoms with Gasteiger partial charge in [-0.25, -0.2) is 0 Å². The average Bonchev–Trinajstić information content (AvgIpc) is 2.70. The molecule has 1 unspecified atom stereocenters. The fraction of sp³-hybridized carbons (Fsp3) is 0.643. The number of hydrogen-bond donors (Lipinski definition) is 2. The van der Waals surface area contributed by atoms with Crippen LogP contribution in [0.25, 0.3) is 0 Å². The first-order valence-corrected chi connectivity index (χ1v) is 7.22. The van der Waals surface area contributed by atoms with Crippen LogP contribution in [0.15, 0.2) is 0 Å². The standard InChI is InChI=1S/C14H23N5O2/c1-9-13(10(2)18(3)17-9)14(21)19(8-12(15)20)11-5-4-6-16-7-11/h11,16H,4-8H2,1-3H3,(H2,15,20). The zero-order valence-corrected chi connectivity index (χ0v) is 12.8. The number of aromatic nitrogens is 2. The van der Waals surface area contributed by atoms with E-state index in [2.05, 4.69) is 10.4 Å². The smallest absolute Gasteiger partial charge is 0.258 e. The van der Waals surface area contributed by atoms with E-state index in [-0.39, 0.29) is 18.5 Å². The second-order valence-corrected chi connectivity index (χ2v) is 5.57. The first-order valence-electron chi connectivity index (χ1n) is 7.22. The van der Waals surface area contributed by atoms with Crippen molar-refractivity contribution >= 4 is 11.8 Å². The van der Waals surface area contributed by atoms with E-state index < -0.39 is 5.91 Å². The Morgan fingerprint density at radius 1 is 1.48 bits per heavy atom. The zero-order valence-electron chi connectivity index (χ0n) is 12.8. The SMILES string of the molecule is Cc1nn(C)c(C)c1C(=O)N(CC(N)=O)C1CCCNC1. The molecule has 1 aliphatic rings. The molecule has 0 spiro atoms. The Bertz CT molecular complexity index is 546. The number of nitrogens with one attached hydrogen (secondary N) is 1. The van der Waals surface area contributed by atoms with Crippen LogP contribution in [-0.2, 0) is 11.8 Å². The summed E-state index contributed by atoms with van der Waals surface area (Å²) in [5.41, 5.74) is 7.38. The van der Waals surface area contributed by atoms with Crippen molar-refractivity contribution in [3.05, 3.63) is 17.0 Å². The summed E-state index contributed by atoms with van der Waals surface area (Å²) in [6.45, 7) is 5.24. The van der Waals surface area contributed by atoms with Crippen LogP contribution in [0.2, 0.25) is 0 Å². The summed E-state index contributed by atoms with van der Waals surface area (Å²) in [6.07, 6.45) is 1.86. The van der Waals surface area contributed by atoms with Gasteiger partial charge in [-0.15, -0.1) is 0 Å². The summed E-state index contributed by atoms with van der Waals surface area (Å²) < 4.78 is 1.68. The molecule has 0 bridgehead atoms. The lowest BCUT2D eigenvalue weighted by molar-refractivity contribution is -0.119. The van der Waals surface area contributed by atoms with Crippen molar-refractivity contribution in [1.29, 1.82) is 0 Å². The van der Waals surface area contributed by atoms with Crippen molar-refractivity contribution < 1.29 is 9.59 Å². The minimum Gasteiger partial charge on any atom is -0.368 e. The summed E-state index contributed by atoms with van der Waals surface area (Å²) in [5, 5.41) is 7.54. The van der Waals surface area contributed by atoms with Gasteiger partial charge in [0.25, 0.3) is 5.91 Å². The molecule has 21 heavy (non-hydrogen) atoms. The summed E-state index contributed by atoms with van der Waals surface area (Å²) in [6, 6.07) is -0.00208. The molecule has 1 aromatic heterocycles. The Labute approximate surface area is 124 Å². The lowest BCUT2D eigenvalue weighted by Crippen LogP contribution is -2.51. The van der Waals surface area contributed by atoms with E-state index in [1.165, 1.54) is 0 Å². The second-order valence-electron chi connectivity index (χ2n) is 5.57. The highest BCUT2D eigenvalue weighted by molar-refractivity contribution is 5.98. The molecule has 1 aliphatic heterocycles. The highest BCUT2D eigenvalue weighted by Crippen LogP contribution is 2.19. The highest BCUT2D eigenvalue weighted by atomic mass is 16.2. The molecule has 1 saturated heterocycles. The second kappa shape index (κ2) is 6.26. The fourth-order valence-electron chi connectivity index (χ4n) is 2.86. The zero-order chi connectivity index (χ0) is 15.6. The van der Waals surface area contributed by atoms with E-state index in [1.54, 1.807) is 16.6 Å². The molecule has 7 nitrogen and oxygen atoms in total. The fourth-order valence-corrected chi connectivity index (χ4v) is 2.86. The molecular formula is C14H23N5O2. The van der Waals surface area contributed by atoms with Gasteiger partial charge in [-0.1, -0.05) is 0 Å². The van der Waals surface area contributed by atoms with Gasteiger partial charge < -0.3 is 16.0 Å². The van der Waals surface area contributed by atoms with Crippen molar-refractivity contribution in [1.82, 2.24) is 20.0 Å². The van der Waals surface area contributed by atoms with Gasteiger partial charge in [0, 0.05) is 25.3 Å². The highest BCUT2D eigenvalue weighted by Gasteiger charge is 2.30. The molecule has 0 saturated carbocycles. The number of nitrogens with zero attached hydrogens (tertiary/aromatic N) is 3. The number of primary amides is 1. The van der Waals surface area contributed by atoms with Gasteiger partial charge in [-0.05, 0) is 33.2 Å². The number of nitrogens with two attached hydrogens (primary N) is 1. The van der Waals surface area contributed by atoms with Gasteiger partial charge in [0.15, 0.2) is 0 Å². The van der Waals surface area contributed by atoms with Crippen LogP contribution in [-0.4, -0.2) is 52.2 Å². The molecule has 1 aromatic rings. The summed E-state index contributed by atoms with van der Waals surface area (Å²) in [5.74, 6) is -0.654. The number of amides is 2. The predicted molar refractivity (Wildman–Crippen MR) is 78.8 cm³/mol. The molecule has 0 aliphatic carbocycles. The molecule has 7 heteroatoms. The van der Waals surface area contributed by atoms with Crippen LogP contribution < -0.4 is 11.1 Å². The van der Waals surface area contributed by atoms with Gasteiger partial charge >= 0.3 is 0 Å². The first kappa shape index (κ1) is 15.5. The summed E-state index contributed by atoms with van der Waals surface area (Å²) in [7, 11) is 1.81. The first-order chi connectivity index (χ1) is 9.91. The van der Waals surface area contributed by atoms with Gasteiger partial charge in [0.2, 0.25) is 5.91 Å². The maximum absolute atomic E-state index is 12.9. The maximum atomic E-state index is 12.9. The van der Waals surface area contributed by atoms with Gasteiger partial charge in [-0.3, -0.25) is 14.3 Å². The van der Waals surface area contributed by atoms with Crippen LogP contribution in [0.5, 0.6) is 0 Å². The van der Waals surface area contributed by atoms with Gasteiger partial charge in [-0.2, -0.15) is 5.10 Å². The normalized spacial score (nSPS) is 18.5. The largest absolute Gasteiger partial charge is 0.368 e. The molecule has 1 atom stereocenters. The van der Waals surface area contributed by atoms with Crippen LogP contribution in [0.3, 0.4) is 0 Å². The number of carbonyl (C=O) groups is 2. The van der Waals surface area contributed by atoms with Crippen molar-refractivity contribution in [2.75, 3.05) is 19.6 Å². The molecule has 116 valence electrons. The molecule has 1 fully saturated rings. The van der Waals surface area contributed by atoms with E-state index in [9.17, 15) is 9.59 Å². The third-order valence-corrected chi connectivity index (χ3v) is 4.02. The van der Waals surface area contributed by atoms with Crippen molar-refractivity contribution in [2.24, 2.45) is 12.8 Å². The molecule has 3 N–H and O–H groups in total. The van der Waals surface area contributed by atoms with E-state index in [4.69, 9.17) is 5.73 Å². The summed E-state index contributed by atoms with van der Waals surface area (Å²) in [4.78, 5) is 25.8. The number of piperidine rings is 1. The van der Waals surface area contributed by atoms with Crippen molar-refractivity contribution in [3.63, 3.8) is 0 Å². The molecule has 2 amide bonds. The van der Waals surface area contributed by atoms with E-state index in [0.29, 0.717) is 17.8 Å². The topological polar surface area (TPSA) is 93.2 Å². The lowest BCUT2D eigenvalue weighted by atomic mass is 10.0. The quantitative estimate of drug-likeness (QED) is 0.798. The Morgan fingerprint density at radius 2 is 2.19 bits per heavy atom. The molecule has 0 aromatic carbocycles. The third-order valence-electron chi connectivity index (χ3n) is 4.02. The Balaban J connectivity index is 2.30. The van der Waals surface area contributed by atoms with Crippen LogP contribution >= 0.6 is 0 Å². The Hall–Kier alpha value is -1.89. The number of rotatable bonds is 4. The molecular weight excluding hydrogens is 270 g/mol. The van der Waals surface area contributed by atoms with Crippen molar-refractivity contribution in [3.8, 4) is 0 Å². The summed E-state index contributed by atoms with van der Waals surface area (Å²) >= 11 is 0. The maximum Gasteiger partial charge on any atom is 0.258 e. The Morgan fingerprint density at radius 3 is 2.67 bits per heavy atom. The van der Waals surface area contributed by atoms with E-state index in [1.807, 2.05) is 13.8 Å². The minimum atomic E-state index is -0.492. The van der Waals surface area contributed by atoms with Crippen molar-refractivity contribution in [2.45, 2.75) is 32.7 Å². The van der Waals surface area contributed by atoms with Crippen LogP contribution in [0.1, 0.15) is 34.6 Å². The van der Waals surface area contributed by atoms with Crippen LogP contribution in [0, 0.1) is 13.8 Å². The van der Waals surface area contributed by atoms with Gasteiger partial charge in [0.05, 0.1) is 17.8 Å². The average molecular weight is 293 g/mol. The minimum absolute atomic E-state index is 0.00208. The van der Waals surface area contributed by atoms with E-state index >= 15 is 0 Å². The van der Waals surface area contributed by atoms with E-state index in [0.717, 1.165) is 25.1 Å². The Kier molecular flexibility index (Phi) is 4.62. The lowest BCUT2D eigenvalue weighted by Gasteiger charge is -2.34. The predicted octanol–water partition coefficient (Wildman–Crippen LogP) is -0.284. The monoisotopic (exact) mass is 293 g/mol. The number of hydrogen-bond acceptors (Lipinski definition) is 4. The molecule has 2 rings (SSSR count). The molecule has 2 heterocycles. The number of aryl methyl sites for hydroxylation is 2. The third kappa shape index (κ3) is 3.24. The van der Waals surface area contributed by atoms with Gasteiger partial charge in [0.1, 0.15) is 0 Å². The number of carbonyl (C=O) groups excluding carboxylic acids is 2. The van der Waals surface area contributed by atoms with Crippen LogP contribution in [0.4, 0.5) is 0 Å². The molecule has 0 radical (unpaired) electrons.